The first kappa shape index (κ1) is 11.2. The number of furan rings is 1. The maximum atomic E-state index is 11.8. The number of rotatable bonds is 4. The Morgan fingerprint density at radius 1 is 1.56 bits per heavy atom. The molecule has 0 saturated heterocycles. The molecule has 3 nitrogen and oxygen atoms in total. The second-order valence-corrected chi connectivity index (χ2v) is 4.73. The van der Waals surface area contributed by atoms with E-state index < -0.39 is 0 Å². The SMILES string of the molecule is CC(Cc1ccoc1)NC(=O)C1CCCC1. The maximum absolute atomic E-state index is 11.8. The smallest absolute Gasteiger partial charge is 0.223 e. The van der Waals surface area contributed by atoms with Crippen molar-refractivity contribution in [3.8, 4) is 0 Å². The van der Waals surface area contributed by atoms with E-state index in [1.807, 2.05) is 13.0 Å². The molecule has 1 fully saturated rings. The Morgan fingerprint density at radius 2 is 2.31 bits per heavy atom. The van der Waals surface area contributed by atoms with Crippen molar-refractivity contribution >= 4 is 5.91 Å². The molecule has 1 heterocycles. The summed E-state index contributed by atoms with van der Waals surface area (Å²) in [6.45, 7) is 2.04. The Morgan fingerprint density at radius 3 is 2.94 bits per heavy atom. The maximum Gasteiger partial charge on any atom is 0.223 e. The minimum absolute atomic E-state index is 0.186. The summed E-state index contributed by atoms with van der Waals surface area (Å²) in [6, 6.07) is 2.13. The van der Waals surface area contributed by atoms with E-state index in [9.17, 15) is 4.79 Å². The molecule has 0 spiro atoms. The lowest BCUT2D eigenvalue weighted by Gasteiger charge is -2.16. The molecule has 0 aromatic carbocycles. The molecule has 1 unspecified atom stereocenters. The van der Waals surface area contributed by atoms with Gasteiger partial charge in [0.25, 0.3) is 0 Å². The predicted octanol–water partition coefficient (Wildman–Crippen LogP) is 2.52. The molecule has 0 aliphatic heterocycles. The number of nitrogens with one attached hydrogen (secondary N) is 1. The predicted molar refractivity (Wildman–Crippen MR) is 62.0 cm³/mol. The van der Waals surface area contributed by atoms with E-state index in [-0.39, 0.29) is 17.9 Å². The van der Waals surface area contributed by atoms with E-state index in [1.54, 1.807) is 12.5 Å². The van der Waals surface area contributed by atoms with Crippen LogP contribution in [0.15, 0.2) is 23.0 Å². The first-order valence-corrected chi connectivity index (χ1v) is 6.07. The quantitative estimate of drug-likeness (QED) is 0.848. The first-order valence-electron chi connectivity index (χ1n) is 6.07. The van der Waals surface area contributed by atoms with Crippen molar-refractivity contribution in [3.63, 3.8) is 0 Å². The fourth-order valence-electron chi connectivity index (χ4n) is 2.36. The van der Waals surface area contributed by atoms with Gasteiger partial charge in [0.15, 0.2) is 0 Å². The lowest BCUT2D eigenvalue weighted by Crippen LogP contribution is -2.37. The van der Waals surface area contributed by atoms with Crippen LogP contribution in [0.2, 0.25) is 0 Å². The average Bonchev–Trinajstić information content (AvgIpc) is 2.88. The molecule has 0 radical (unpaired) electrons. The highest BCUT2D eigenvalue weighted by Crippen LogP contribution is 2.24. The Labute approximate surface area is 96.2 Å². The molecule has 1 aromatic heterocycles. The molecular weight excluding hydrogens is 202 g/mol. The van der Waals surface area contributed by atoms with Crippen LogP contribution in [0.25, 0.3) is 0 Å². The number of hydrogen-bond donors (Lipinski definition) is 1. The zero-order valence-electron chi connectivity index (χ0n) is 9.74. The molecule has 0 bridgehead atoms. The van der Waals surface area contributed by atoms with Crippen molar-refractivity contribution in [2.45, 2.75) is 45.1 Å². The van der Waals surface area contributed by atoms with E-state index in [0.29, 0.717) is 0 Å². The van der Waals surface area contributed by atoms with Crippen molar-refractivity contribution in [2.75, 3.05) is 0 Å². The Hall–Kier alpha value is -1.25. The topological polar surface area (TPSA) is 42.2 Å². The third-order valence-electron chi connectivity index (χ3n) is 3.24. The average molecular weight is 221 g/mol. The third-order valence-corrected chi connectivity index (χ3v) is 3.24. The van der Waals surface area contributed by atoms with Crippen molar-refractivity contribution < 1.29 is 9.21 Å². The van der Waals surface area contributed by atoms with Gasteiger partial charge in [0, 0.05) is 12.0 Å². The van der Waals surface area contributed by atoms with Gasteiger partial charge in [-0.2, -0.15) is 0 Å². The Bertz CT molecular complexity index is 326. The van der Waals surface area contributed by atoms with E-state index in [2.05, 4.69) is 5.32 Å². The summed E-state index contributed by atoms with van der Waals surface area (Å²) in [5.74, 6) is 0.486. The molecule has 1 atom stereocenters. The molecule has 2 rings (SSSR count). The highest BCUT2D eigenvalue weighted by molar-refractivity contribution is 5.79. The zero-order valence-corrected chi connectivity index (χ0v) is 9.74. The van der Waals surface area contributed by atoms with Crippen LogP contribution in [-0.2, 0) is 11.2 Å². The van der Waals surface area contributed by atoms with Crippen molar-refractivity contribution in [2.24, 2.45) is 5.92 Å². The van der Waals surface area contributed by atoms with Crippen LogP contribution in [0.1, 0.15) is 38.2 Å². The lowest BCUT2D eigenvalue weighted by molar-refractivity contribution is -0.125. The minimum atomic E-state index is 0.186. The summed E-state index contributed by atoms with van der Waals surface area (Å²) in [6.07, 6.45) is 8.77. The van der Waals surface area contributed by atoms with Crippen LogP contribution < -0.4 is 5.32 Å². The molecule has 16 heavy (non-hydrogen) atoms. The molecule has 1 aromatic rings. The molecule has 1 aliphatic carbocycles. The van der Waals surface area contributed by atoms with Crippen molar-refractivity contribution in [3.05, 3.63) is 24.2 Å². The van der Waals surface area contributed by atoms with E-state index in [1.165, 1.54) is 12.8 Å². The van der Waals surface area contributed by atoms with Crippen LogP contribution in [0, 0.1) is 5.92 Å². The van der Waals surface area contributed by atoms with Gasteiger partial charge in [-0.1, -0.05) is 12.8 Å². The standard InChI is InChI=1S/C13H19NO2/c1-10(8-11-6-7-16-9-11)14-13(15)12-4-2-3-5-12/h6-7,9-10,12H,2-5,8H2,1H3,(H,14,15). The first-order chi connectivity index (χ1) is 7.75. The number of carbonyl (C=O) groups is 1. The zero-order chi connectivity index (χ0) is 11.4. The van der Waals surface area contributed by atoms with Crippen molar-refractivity contribution in [1.82, 2.24) is 5.32 Å². The van der Waals surface area contributed by atoms with Crippen LogP contribution in [-0.4, -0.2) is 11.9 Å². The van der Waals surface area contributed by atoms with Gasteiger partial charge in [0.2, 0.25) is 5.91 Å². The second-order valence-electron chi connectivity index (χ2n) is 4.73. The Kier molecular flexibility index (Phi) is 3.65. The highest BCUT2D eigenvalue weighted by atomic mass is 16.3. The van der Waals surface area contributed by atoms with Crippen molar-refractivity contribution in [1.29, 1.82) is 0 Å². The van der Waals surface area contributed by atoms with Crippen LogP contribution in [0.5, 0.6) is 0 Å². The van der Waals surface area contributed by atoms with Crippen LogP contribution >= 0.6 is 0 Å². The number of carbonyl (C=O) groups excluding carboxylic acids is 1. The number of amides is 1. The minimum Gasteiger partial charge on any atom is -0.472 e. The third kappa shape index (κ3) is 2.87. The van der Waals surface area contributed by atoms with Gasteiger partial charge in [-0.15, -0.1) is 0 Å². The summed E-state index contributed by atoms with van der Waals surface area (Å²) in [7, 11) is 0. The molecule has 1 N–H and O–H groups in total. The Balaban J connectivity index is 1.78. The van der Waals surface area contributed by atoms with Gasteiger partial charge >= 0.3 is 0 Å². The summed E-state index contributed by atoms with van der Waals surface area (Å²) in [5, 5.41) is 3.08. The van der Waals surface area contributed by atoms with E-state index in [4.69, 9.17) is 4.42 Å². The van der Waals surface area contributed by atoms with Gasteiger partial charge in [-0.3, -0.25) is 4.79 Å². The van der Waals surface area contributed by atoms with E-state index >= 15 is 0 Å². The molecule has 1 amide bonds. The van der Waals surface area contributed by atoms with Crippen LogP contribution in [0.3, 0.4) is 0 Å². The number of hydrogen-bond acceptors (Lipinski definition) is 2. The molecule has 3 heteroatoms. The summed E-state index contributed by atoms with van der Waals surface area (Å²) >= 11 is 0. The summed E-state index contributed by atoms with van der Waals surface area (Å²) in [4.78, 5) is 11.8. The molecule has 1 saturated carbocycles. The van der Waals surface area contributed by atoms with E-state index in [0.717, 1.165) is 24.8 Å². The van der Waals surface area contributed by atoms with Gasteiger partial charge in [-0.05, 0) is 37.8 Å². The summed E-state index contributed by atoms with van der Waals surface area (Å²) in [5.41, 5.74) is 1.14. The molecular formula is C13H19NO2. The van der Waals surface area contributed by atoms with Gasteiger partial charge in [-0.25, -0.2) is 0 Å². The fourth-order valence-corrected chi connectivity index (χ4v) is 2.36. The van der Waals surface area contributed by atoms with Crippen LogP contribution in [0.4, 0.5) is 0 Å². The second kappa shape index (κ2) is 5.19. The lowest BCUT2D eigenvalue weighted by atomic mass is 10.1. The normalized spacial score (nSPS) is 18.6. The molecule has 88 valence electrons. The van der Waals surface area contributed by atoms with Gasteiger partial charge in [0.1, 0.15) is 0 Å². The highest BCUT2D eigenvalue weighted by Gasteiger charge is 2.23. The van der Waals surface area contributed by atoms with Gasteiger partial charge in [0.05, 0.1) is 12.5 Å². The monoisotopic (exact) mass is 221 g/mol. The fraction of sp³-hybridized carbons (Fsp3) is 0.615. The largest absolute Gasteiger partial charge is 0.472 e. The summed E-state index contributed by atoms with van der Waals surface area (Å²) < 4.78 is 5.01. The van der Waals surface area contributed by atoms with Gasteiger partial charge < -0.3 is 9.73 Å². The molecule has 1 aliphatic rings.